The third kappa shape index (κ3) is 14.6. The zero-order chi connectivity index (χ0) is 18.4. The van der Waals surface area contributed by atoms with Crippen LogP contribution in [0.3, 0.4) is 0 Å². The summed E-state index contributed by atoms with van der Waals surface area (Å²) in [5.74, 6) is -1.76. The number of aliphatic hydroxyl groups excluding tert-OH is 1. The number of nitrogens with two attached hydrogens (primary N) is 1. The van der Waals surface area contributed by atoms with Crippen LogP contribution in [0.2, 0.25) is 0 Å². The minimum atomic E-state index is -1.02. The highest BCUT2D eigenvalue weighted by molar-refractivity contribution is 5.78. The molecule has 1 atom stereocenters. The second-order valence-corrected chi connectivity index (χ2v) is 5.31. The van der Waals surface area contributed by atoms with Crippen molar-refractivity contribution in [3.63, 3.8) is 0 Å². The van der Waals surface area contributed by atoms with Crippen LogP contribution in [0.15, 0.2) is 0 Å². The zero-order valence-corrected chi connectivity index (χ0v) is 13.6. The summed E-state index contributed by atoms with van der Waals surface area (Å²) in [7, 11) is 0. The Labute approximate surface area is 140 Å². The monoisotopic (exact) mass is 345 g/mol. The average molecular weight is 345 g/mol. The lowest BCUT2D eigenvalue weighted by Gasteiger charge is -2.12. The van der Waals surface area contributed by atoms with Gasteiger partial charge in [-0.15, -0.1) is 0 Å². The van der Waals surface area contributed by atoms with Gasteiger partial charge in [0.15, 0.2) is 5.96 Å². The summed E-state index contributed by atoms with van der Waals surface area (Å²) in [6.45, 7) is 0.565. The molecule has 0 aromatic heterocycles. The Hall–Kier alpha value is -2.36. The van der Waals surface area contributed by atoms with E-state index in [2.05, 4.69) is 16.0 Å². The van der Waals surface area contributed by atoms with Crippen LogP contribution in [0, 0.1) is 5.41 Å². The summed E-state index contributed by atoms with van der Waals surface area (Å²) in [5, 5.41) is 32.6. The quantitative estimate of drug-likeness (QED) is 0.120. The van der Waals surface area contributed by atoms with E-state index in [9.17, 15) is 19.5 Å². The van der Waals surface area contributed by atoms with Gasteiger partial charge in [-0.3, -0.25) is 19.8 Å². The highest BCUT2D eigenvalue weighted by Crippen LogP contribution is 1.99. The number of aliphatic carboxylic acids is 1. The average Bonchev–Trinajstić information content (AvgIpc) is 2.48. The van der Waals surface area contributed by atoms with Crippen LogP contribution in [0.4, 0.5) is 0 Å². The fourth-order valence-corrected chi connectivity index (χ4v) is 1.80. The molecule has 0 aliphatic carbocycles. The first-order chi connectivity index (χ1) is 11.3. The number of carboxylic acid groups (broad SMARTS) is 1. The molecule has 0 fully saturated rings. The van der Waals surface area contributed by atoms with Gasteiger partial charge < -0.3 is 31.9 Å². The first-order valence-corrected chi connectivity index (χ1v) is 7.82. The standard InChI is InChI=1S/C14H27N5O5/c15-14(16)18-6-3-1-2-4-11(21)19-9-10(20)8-12(22)17-7-5-13(23)24/h10,20H,1-9H2,(H,17,22)(H,19,21)(H,23,24)(H4,15,16,18)/t10-/m0/s1. The Kier molecular flexibility index (Phi) is 11.8. The molecule has 0 aromatic rings. The van der Waals surface area contributed by atoms with Crippen LogP contribution >= 0.6 is 0 Å². The van der Waals surface area contributed by atoms with Gasteiger partial charge in [0.25, 0.3) is 0 Å². The Morgan fingerprint density at radius 1 is 0.958 bits per heavy atom. The number of guanidine groups is 1. The number of hydrogen-bond donors (Lipinski definition) is 7. The van der Waals surface area contributed by atoms with Crippen molar-refractivity contribution in [3.05, 3.63) is 0 Å². The summed E-state index contributed by atoms with van der Waals surface area (Å²) < 4.78 is 0. The minimum Gasteiger partial charge on any atom is -0.481 e. The van der Waals surface area contributed by atoms with Gasteiger partial charge in [-0.2, -0.15) is 0 Å². The predicted octanol–water partition coefficient (Wildman–Crippen LogP) is -1.51. The Bertz CT molecular complexity index is 430. The molecule has 10 heteroatoms. The molecule has 0 heterocycles. The molecule has 0 bridgehead atoms. The van der Waals surface area contributed by atoms with E-state index in [0.717, 1.165) is 12.8 Å². The van der Waals surface area contributed by atoms with E-state index < -0.39 is 18.0 Å². The van der Waals surface area contributed by atoms with Crippen molar-refractivity contribution in [1.82, 2.24) is 16.0 Å². The molecule has 0 unspecified atom stereocenters. The lowest BCUT2D eigenvalue weighted by atomic mass is 10.2. The topological polar surface area (TPSA) is 178 Å². The summed E-state index contributed by atoms with van der Waals surface area (Å²) in [5.41, 5.74) is 5.13. The van der Waals surface area contributed by atoms with E-state index in [-0.39, 0.29) is 37.8 Å². The van der Waals surface area contributed by atoms with E-state index in [4.69, 9.17) is 16.2 Å². The van der Waals surface area contributed by atoms with E-state index >= 15 is 0 Å². The van der Waals surface area contributed by atoms with Gasteiger partial charge in [0, 0.05) is 26.1 Å². The van der Waals surface area contributed by atoms with Crippen LogP contribution in [0.25, 0.3) is 0 Å². The molecular formula is C14H27N5O5. The molecule has 0 aliphatic rings. The molecule has 0 radical (unpaired) electrons. The highest BCUT2D eigenvalue weighted by Gasteiger charge is 2.12. The van der Waals surface area contributed by atoms with Gasteiger partial charge in [-0.25, -0.2) is 0 Å². The van der Waals surface area contributed by atoms with Crippen molar-refractivity contribution in [1.29, 1.82) is 5.41 Å². The van der Waals surface area contributed by atoms with Gasteiger partial charge in [-0.1, -0.05) is 6.42 Å². The second kappa shape index (κ2) is 13.1. The SMILES string of the molecule is N=C(N)NCCCCCC(=O)NC[C@@H](O)CC(=O)NCCC(=O)O. The Morgan fingerprint density at radius 3 is 2.29 bits per heavy atom. The van der Waals surface area contributed by atoms with Gasteiger partial charge in [0.2, 0.25) is 11.8 Å². The van der Waals surface area contributed by atoms with E-state index in [1.54, 1.807) is 0 Å². The maximum absolute atomic E-state index is 11.6. The van der Waals surface area contributed by atoms with Crippen molar-refractivity contribution in [2.45, 2.75) is 44.6 Å². The van der Waals surface area contributed by atoms with Crippen molar-refractivity contribution >= 4 is 23.7 Å². The number of unbranched alkanes of at least 4 members (excludes halogenated alkanes) is 2. The van der Waals surface area contributed by atoms with E-state index in [0.29, 0.717) is 19.4 Å². The number of nitrogens with one attached hydrogen (secondary N) is 4. The maximum atomic E-state index is 11.6. The molecule has 0 spiro atoms. The third-order valence-electron chi connectivity index (χ3n) is 3.01. The van der Waals surface area contributed by atoms with Gasteiger partial charge >= 0.3 is 5.97 Å². The summed E-state index contributed by atoms with van der Waals surface area (Å²) in [6.07, 6.45) is 1.21. The van der Waals surface area contributed by atoms with Crippen LogP contribution in [0.1, 0.15) is 38.5 Å². The predicted molar refractivity (Wildman–Crippen MR) is 87.3 cm³/mol. The first kappa shape index (κ1) is 21.6. The number of rotatable bonds is 13. The molecule has 0 aliphatic heterocycles. The molecular weight excluding hydrogens is 318 g/mol. The summed E-state index contributed by atoms with van der Waals surface area (Å²) in [6, 6.07) is 0. The smallest absolute Gasteiger partial charge is 0.305 e. The van der Waals surface area contributed by atoms with Crippen LogP contribution in [-0.4, -0.2) is 59.7 Å². The first-order valence-electron chi connectivity index (χ1n) is 7.82. The molecule has 0 saturated heterocycles. The maximum Gasteiger partial charge on any atom is 0.305 e. The fraction of sp³-hybridized carbons (Fsp3) is 0.714. The van der Waals surface area contributed by atoms with Crippen LogP contribution in [0.5, 0.6) is 0 Å². The normalized spacial score (nSPS) is 11.4. The summed E-state index contributed by atoms with van der Waals surface area (Å²) >= 11 is 0. The van der Waals surface area contributed by atoms with Crippen molar-refractivity contribution in [3.8, 4) is 0 Å². The van der Waals surface area contributed by atoms with Gasteiger partial charge in [0.05, 0.1) is 18.9 Å². The molecule has 138 valence electrons. The fourth-order valence-electron chi connectivity index (χ4n) is 1.80. The number of aliphatic hydroxyl groups is 1. The van der Waals surface area contributed by atoms with Crippen molar-refractivity contribution in [2.24, 2.45) is 5.73 Å². The number of hydrogen-bond acceptors (Lipinski definition) is 5. The molecule has 0 saturated carbocycles. The van der Waals surface area contributed by atoms with Crippen LogP contribution < -0.4 is 21.7 Å². The van der Waals surface area contributed by atoms with Gasteiger partial charge in [-0.05, 0) is 12.8 Å². The largest absolute Gasteiger partial charge is 0.481 e. The Morgan fingerprint density at radius 2 is 1.67 bits per heavy atom. The lowest BCUT2D eigenvalue weighted by Crippen LogP contribution is -2.36. The number of carboxylic acids is 1. The van der Waals surface area contributed by atoms with E-state index in [1.807, 2.05) is 0 Å². The van der Waals surface area contributed by atoms with E-state index in [1.165, 1.54) is 0 Å². The molecule has 24 heavy (non-hydrogen) atoms. The number of carbonyl (C=O) groups excluding carboxylic acids is 2. The molecule has 10 nitrogen and oxygen atoms in total. The molecule has 0 rings (SSSR count). The summed E-state index contributed by atoms with van der Waals surface area (Å²) in [4.78, 5) is 33.2. The molecule has 2 amide bonds. The lowest BCUT2D eigenvalue weighted by molar-refractivity contribution is -0.137. The second-order valence-electron chi connectivity index (χ2n) is 5.31. The Balaban J connectivity index is 3.61. The van der Waals surface area contributed by atoms with Gasteiger partial charge in [0.1, 0.15) is 0 Å². The number of carbonyl (C=O) groups is 3. The number of amides is 2. The molecule has 8 N–H and O–H groups in total. The third-order valence-corrected chi connectivity index (χ3v) is 3.01. The highest BCUT2D eigenvalue weighted by atomic mass is 16.4. The van der Waals surface area contributed by atoms with Crippen molar-refractivity contribution in [2.75, 3.05) is 19.6 Å². The minimum absolute atomic E-state index is 0.00569. The zero-order valence-electron chi connectivity index (χ0n) is 13.6. The van der Waals surface area contributed by atoms with Crippen molar-refractivity contribution < 1.29 is 24.6 Å². The van der Waals surface area contributed by atoms with Crippen LogP contribution in [-0.2, 0) is 14.4 Å². The molecule has 0 aromatic carbocycles.